The lowest BCUT2D eigenvalue weighted by molar-refractivity contribution is 0.405. The van der Waals surface area contributed by atoms with Crippen LogP contribution < -0.4 is 5.32 Å². The lowest BCUT2D eigenvalue weighted by Crippen LogP contribution is -2.14. The first kappa shape index (κ1) is 23.3. The van der Waals surface area contributed by atoms with Crippen molar-refractivity contribution in [3.05, 3.63) is 79.5 Å². The number of aromatic nitrogens is 8. The minimum atomic E-state index is 0.523. The lowest BCUT2D eigenvalue weighted by atomic mass is 9.87. The van der Waals surface area contributed by atoms with E-state index in [1.165, 1.54) is 32.1 Å². The Morgan fingerprint density at radius 3 is 2.77 bits per heavy atom. The smallest absolute Gasteiger partial charge is 0.139 e. The first-order chi connectivity index (χ1) is 19.1. The molecule has 9 nitrogen and oxygen atoms in total. The Labute approximate surface area is 225 Å². The fourth-order valence-corrected chi connectivity index (χ4v) is 5.59. The van der Waals surface area contributed by atoms with Gasteiger partial charge in [0.05, 0.1) is 52.7 Å². The van der Waals surface area contributed by atoms with Gasteiger partial charge in [-0.25, -0.2) is 9.97 Å². The summed E-state index contributed by atoms with van der Waals surface area (Å²) in [6.45, 7) is 6.30. The molecule has 0 saturated heterocycles. The molecule has 7 rings (SSSR count). The molecule has 3 N–H and O–H groups in total. The van der Waals surface area contributed by atoms with Gasteiger partial charge in [0.2, 0.25) is 0 Å². The Bertz CT molecular complexity index is 1820. The fraction of sp³-hybridized carbons (Fsp3) is 0.233. The number of nitrogens with zero attached hydrogens (tertiary/aromatic N) is 6. The van der Waals surface area contributed by atoms with Crippen LogP contribution in [0.2, 0.25) is 0 Å². The zero-order valence-electron chi connectivity index (χ0n) is 21.8. The van der Waals surface area contributed by atoms with Crippen molar-refractivity contribution >= 4 is 27.6 Å². The van der Waals surface area contributed by atoms with Crippen LogP contribution >= 0.6 is 0 Å². The normalized spacial score (nSPS) is 14.3. The van der Waals surface area contributed by atoms with E-state index in [0.29, 0.717) is 5.92 Å². The minimum absolute atomic E-state index is 0.523. The van der Waals surface area contributed by atoms with E-state index in [4.69, 9.17) is 4.98 Å². The van der Waals surface area contributed by atoms with E-state index in [2.05, 4.69) is 60.2 Å². The molecule has 6 aromatic rings. The van der Waals surface area contributed by atoms with Crippen LogP contribution in [-0.2, 0) is 0 Å². The molecule has 0 atom stereocenters. The number of pyridine rings is 3. The van der Waals surface area contributed by atoms with Gasteiger partial charge in [0.1, 0.15) is 11.3 Å². The maximum Gasteiger partial charge on any atom is 0.139 e. The van der Waals surface area contributed by atoms with E-state index in [-0.39, 0.29) is 0 Å². The predicted octanol–water partition coefficient (Wildman–Crippen LogP) is 6.56. The fourth-order valence-electron chi connectivity index (χ4n) is 5.59. The third kappa shape index (κ3) is 4.35. The molecule has 6 aromatic heterocycles. The van der Waals surface area contributed by atoms with Gasteiger partial charge in [-0.05, 0) is 49.9 Å². The van der Waals surface area contributed by atoms with Crippen LogP contribution in [0.4, 0.5) is 5.69 Å². The number of hydrogen-bond acceptors (Lipinski definition) is 6. The molecular formula is C30H29N9. The highest BCUT2D eigenvalue weighted by atomic mass is 15.1. The van der Waals surface area contributed by atoms with E-state index in [0.717, 1.165) is 67.3 Å². The molecule has 1 saturated carbocycles. The number of H-pyrrole nitrogens is 2. The van der Waals surface area contributed by atoms with Crippen molar-refractivity contribution in [2.75, 3.05) is 5.32 Å². The highest BCUT2D eigenvalue weighted by molar-refractivity contribution is 5.97. The van der Waals surface area contributed by atoms with Crippen LogP contribution in [-0.4, -0.2) is 39.7 Å². The molecule has 0 unspecified atom stereocenters. The zero-order chi connectivity index (χ0) is 26.3. The molecule has 1 aliphatic rings. The molecule has 0 spiro atoms. The summed E-state index contributed by atoms with van der Waals surface area (Å²) in [5.74, 6) is 0.523. The third-order valence-corrected chi connectivity index (χ3v) is 7.64. The number of rotatable bonds is 6. The van der Waals surface area contributed by atoms with Crippen LogP contribution in [0, 0.1) is 12.8 Å². The van der Waals surface area contributed by atoms with Crippen molar-refractivity contribution in [3.8, 4) is 28.3 Å². The van der Waals surface area contributed by atoms with Crippen molar-refractivity contribution < 1.29 is 0 Å². The topological polar surface area (TPSA) is 113 Å². The van der Waals surface area contributed by atoms with Gasteiger partial charge in [-0.15, -0.1) is 0 Å². The van der Waals surface area contributed by atoms with E-state index < -0.39 is 0 Å². The molecular weight excluding hydrogens is 486 g/mol. The summed E-state index contributed by atoms with van der Waals surface area (Å²) in [4.78, 5) is 21.6. The van der Waals surface area contributed by atoms with E-state index in [1.54, 1.807) is 6.20 Å². The molecule has 0 aliphatic heterocycles. The van der Waals surface area contributed by atoms with E-state index >= 15 is 0 Å². The molecule has 39 heavy (non-hydrogen) atoms. The Balaban J connectivity index is 1.22. The van der Waals surface area contributed by atoms with Gasteiger partial charge >= 0.3 is 0 Å². The van der Waals surface area contributed by atoms with E-state index in [1.807, 2.05) is 48.7 Å². The molecule has 194 valence electrons. The first-order valence-corrected chi connectivity index (χ1v) is 13.4. The summed E-state index contributed by atoms with van der Waals surface area (Å²) in [6, 6.07) is 8.22. The van der Waals surface area contributed by atoms with E-state index in [9.17, 15) is 0 Å². The van der Waals surface area contributed by atoms with Crippen molar-refractivity contribution in [1.82, 2.24) is 39.7 Å². The Kier molecular flexibility index (Phi) is 5.69. The van der Waals surface area contributed by atoms with Gasteiger partial charge in [-0.3, -0.25) is 15.1 Å². The standard InChI is InChI=1S/C30H29N9/c1-18-16-39(17-34-18)28-8-9-32-30-24(28)12-26(36-30)29-23-11-25(33-15-27(23)37-38-29)21-10-22(14-31-13-21)35-19(2)20-6-4-3-5-7-20/h8-17,20,35H,2-7H2,1H3,(H,32,36)(H,37,38). The molecule has 0 amide bonds. The summed E-state index contributed by atoms with van der Waals surface area (Å²) < 4.78 is 2.01. The number of imidazole rings is 1. The molecule has 0 aromatic carbocycles. The summed E-state index contributed by atoms with van der Waals surface area (Å²) in [5.41, 5.74) is 9.08. The predicted molar refractivity (Wildman–Crippen MR) is 153 cm³/mol. The average molecular weight is 516 g/mol. The van der Waals surface area contributed by atoms with Crippen molar-refractivity contribution in [2.24, 2.45) is 5.92 Å². The minimum Gasteiger partial charge on any atom is -0.358 e. The van der Waals surface area contributed by atoms with Gasteiger partial charge in [-0.1, -0.05) is 25.8 Å². The summed E-state index contributed by atoms with van der Waals surface area (Å²) >= 11 is 0. The monoisotopic (exact) mass is 515 g/mol. The van der Waals surface area contributed by atoms with Gasteiger partial charge in [0, 0.05) is 40.6 Å². The van der Waals surface area contributed by atoms with Crippen LogP contribution in [0.3, 0.4) is 0 Å². The summed E-state index contributed by atoms with van der Waals surface area (Å²) in [5, 5.41) is 13.2. The second-order valence-electron chi connectivity index (χ2n) is 10.3. The number of aromatic amines is 2. The van der Waals surface area contributed by atoms with Gasteiger partial charge in [0.15, 0.2) is 0 Å². The van der Waals surface area contributed by atoms with Crippen LogP contribution in [0.25, 0.3) is 50.3 Å². The molecule has 0 bridgehead atoms. The molecule has 1 aliphatic carbocycles. The van der Waals surface area contributed by atoms with Crippen molar-refractivity contribution in [1.29, 1.82) is 0 Å². The number of fused-ring (bicyclic) bond motifs is 2. The second-order valence-corrected chi connectivity index (χ2v) is 10.3. The second kappa shape index (κ2) is 9.50. The highest BCUT2D eigenvalue weighted by Crippen LogP contribution is 2.33. The average Bonchev–Trinajstić information content (AvgIpc) is 3.71. The highest BCUT2D eigenvalue weighted by Gasteiger charge is 2.18. The lowest BCUT2D eigenvalue weighted by Gasteiger charge is -2.24. The molecule has 6 heterocycles. The van der Waals surface area contributed by atoms with Crippen LogP contribution in [0.5, 0.6) is 0 Å². The number of anilines is 1. The molecule has 9 heteroatoms. The molecule has 0 radical (unpaired) electrons. The number of allylic oxidation sites excluding steroid dienone is 1. The van der Waals surface area contributed by atoms with Crippen molar-refractivity contribution in [2.45, 2.75) is 39.0 Å². The van der Waals surface area contributed by atoms with Gasteiger partial charge in [0.25, 0.3) is 0 Å². The zero-order valence-corrected chi connectivity index (χ0v) is 21.8. The summed E-state index contributed by atoms with van der Waals surface area (Å²) in [6.07, 6.45) is 17.4. The number of aryl methyl sites for hydroxylation is 1. The Morgan fingerprint density at radius 1 is 1.03 bits per heavy atom. The number of nitrogens with one attached hydrogen (secondary N) is 3. The SMILES string of the molecule is C=C(Nc1cncc(-c2cc3c(-c4cc5c(-n6cnc(C)c6)ccnc5[nH]4)n[nH]c3cn2)c1)C1CCCCC1. The maximum absolute atomic E-state index is 4.70. The summed E-state index contributed by atoms with van der Waals surface area (Å²) in [7, 11) is 0. The van der Waals surface area contributed by atoms with Gasteiger partial charge < -0.3 is 14.9 Å². The largest absolute Gasteiger partial charge is 0.358 e. The quantitative estimate of drug-likeness (QED) is 0.231. The molecule has 1 fully saturated rings. The number of hydrogen-bond donors (Lipinski definition) is 3. The Morgan fingerprint density at radius 2 is 1.92 bits per heavy atom. The van der Waals surface area contributed by atoms with Gasteiger partial charge in [-0.2, -0.15) is 5.10 Å². The third-order valence-electron chi connectivity index (χ3n) is 7.64. The first-order valence-electron chi connectivity index (χ1n) is 13.4. The Hall–Kier alpha value is -4.79. The maximum atomic E-state index is 4.70. The van der Waals surface area contributed by atoms with Crippen LogP contribution in [0.1, 0.15) is 37.8 Å². The van der Waals surface area contributed by atoms with Crippen molar-refractivity contribution in [3.63, 3.8) is 0 Å². The van der Waals surface area contributed by atoms with Crippen LogP contribution in [0.15, 0.2) is 73.9 Å².